The Labute approximate surface area is 215 Å². The average molecular weight is 512 g/mol. The van der Waals surface area contributed by atoms with E-state index in [2.05, 4.69) is 20.2 Å². The lowest BCUT2D eigenvalue weighted by atomic mass is 10.1. The molecule has 0 radical (unpaired) electrons. The molecule has 0 bridgehead atoms. The van der Waals surface area contributed by atoms with E-state index < -0.39 is 18.4 Å². The summed E-state index contributed by atoms with van der Waals surface area (Å²) in [5.74, 6) is 2.18. The van der Waals surface area contributed by atoms with E-state index in [9.17, 15) is 9.50 Å². The maximum absolute atomic E-state index is 14.5. The molecule has 3 aromatic heterocycles. The van der Waals surface area contributed by atoms with E-state index in [1.807, 2.05) is 11.0 Å². The van der Waals surface area contributed by atoms with Crippen LogP contribution in [0.1, 0.15) is 44.4 Å². The Morgan fingerprint density at radius 2 is 1.97 bits per heavy atom. The normalized spacial score (nSPS) is 21.7. The Bertz CT molecular complexity index is 1190. The monoisotopic (exact) mass is 511 g/mol. The number of halogens is 1. The molecular weight excluding hydrogens is 477 g/mol. The number of likely N-dealkylation sites (tertiary alicyclic amines) is 1. The smallest absolute Gasteiger partial charge is 0.229 e. The maximum atomic E-state index is 14.5. The van der Waals surface area contributed by atoms with Crippen molar-refractivity contribution in [2.45, 2.75) is 51.0 Å². The molecule has 3 aromatic rings. The number of hydrogen-bond acceptors (Lipinski definition) is 10. The lowest BCUT2D eigenvalue weighted by Crippen LogP contribution is -2.47. The highest BCUT2D eigenvalue weighted by molar-refractivity contribution is 5.89. The van der Waals surface area contributed by atoms with Gasteiger partial charge >= 0.3 is 0 Å². The van der Waals surface area contributed by atoms with Crippen LogP contribution in [0.15, 0.2) is 30.6 Å². The zero-order valence-electron chi connectivity index (χ0n) is 21.1. The predicted octanol–water partition coefficient (Wildman–Crippen LogP) is 2.99. The quantitative estimate of drug-likeness (QED) is 0.416. The molecule has 0 spiro atoms. The number of pyridine rings is 2. The van der Waals surface area contributed by atoms with Crippen LogP contribution in [0.2, 0.25) is 0 Å². The Hall–Kier alpha value is -3.15. The number of aromatic nitrogens is 4. The minimum atomic E-state index is -1.12. The summed E-state index contributed by atoms with van der Waals surface area (Å²) in [6.45, 7) is 4.95. The Kier molecular flexibility index (Phi) is 7.92. The summed E-state index contributed by atoms with van der Waals surface area (Å²) in [5.41, 5.74) is 1.33. The second kappa shape index (κ2) is 11.5. The van der Waals surface area contributed by atoms with Crippen molar-refractivity contribution in [3.05, 3.63) is 36.3 Å². The number of piperidine rings is 2. The van der Waals surface area contributed by atoms with Gasteiger partial charge in [-0.25, -0.2) is 24.3 Å². The molecule has 2 saturated heterocycles. The number of aliphatic hydroxyl groups excluding tert-OH is 2. The van der Waals surface area contributed by atoms with Crippen molar-refractivity contribution in [1.82, 2.24) is 24.8 Å². The van der Waals surface area contributed by atoms with Crippen LogP contribution in [0, 0.1) is 0 Å². The molecule has 5 heterocycles. The van der Waals surface area contributed by atoms with Gasteiger partial charge in [0, 0.05) is 44.3 Å². The number of aliphatic hydroxyl groups is 2. The lowest BCUT2D eigenvalue weighted by molar-refractivity contribution is 0.0166. The van der Waals surface area contributed by atoms with Gasteiger partial charge in [0.2, 0.25) is 5.95 Å². The summed E-state index contributed by atoms with van der Waals surface area (Å²) in [7, 11) is 0. The third-order valence-electron chi connectivity index (χ3n) is 6.90. The average Bonchev–Trinajstić information content (AvgIpc) is 2.91. The first-order valence-electron chi connectivity index (χ1n) is 13.0. The van der Waals surface area contributed by atoms with E-state index in [4.69, 9.17) is 19.8 Å². The highest BCUT2D eigenvalue weighted by Gasteiger charge is 2.30. The second-order valence-corrected chi connectivity index (χ2v) is 9.72. The maximum Gasteiger partial charge on any atom is 0.229 e. The Morgan fingerprint density at radius 1 is 1.14 bits per heavy atom. The van der Waals surface area contributed by atoms with Crippen molar-refractivity contribution in [2.24, 2.45) is 0 Å². The number of fused-ring (bicyclic) bond motifs is 1. The van der Waals surface area contributed by atoms with Gasteiger partial charge in [0.1, 0.15) is 29.4 Å². The van der Waals surface area contributed by atoms with Crippen molar-refractivity contribution < 1.29 is 19.3 Å². The summed E-state index contributed by atoms with van der Waals surface area (Å²) in [5, 5.41) is 23.2. The van der Waals surface area contributed by atoms with E-state index in [0.29, 0.717) is 42.7 Å². The van der Waals surface area contributed by atoms with Crippen molar-refractivity contribution in [1.29, 1.82) is 0 Å². The van der Waals surface area contributed by atoms with Gasteiger partial charge in [-0.15, -0.1) is 0 Å². The van der Waals surface area contributed by atoms with Crippen LogP contribution in [0.5, 0.6) is 5.75 Å². The van der Waals surface area contributed by atoms with Gasteiger partial charge in [0.15, 0.2) is 5.82 Å². The summed E-state index contributed by atoms with van der Waals surface area (Å²) < 4.78 is 20.4. The number of ether oxygens (including phenoxy) is 1. The van der Waals surface area contributed by atoms with E-state index >= 15 is 0 Å². The molecule has 2 aliphatic rings. The number of hydrogen-bond donors (Lipinski definition) is 3. The summed E-state index contributed by atoms with van der Waals surface area (Å²) in [4.78, 5) is 22.5. The van der Waals surface area contributed by atoms with Gasteiger partial charge in [0.05, 0.1) is 24.6 Å². The summed E-state index contributed by atoms with van der Waals surface area (Å²) in [6.07, 6.45) is 4.90. The van der Waals surface area contributed by atoms with Crippen LogP contribution in [0.4, 0.5) is 22.0 Å². The molecule has 0 amide bonds. The van der Waals surface area contributed by atoms with E-state index in [-0.39, 0.29) is 13.2 Å². The van der Waals surface area contributed by atoms with Crippen LogP contribution in [0.3, 0.4) is 0 Å². The van der Waals surface area contributed by atoms with Gasteiger partial charge in [-0.2, -0.15) is 0 Å². The number of anilines is 3. The molecule has 0 aromatic carbocycles. The van der Waals surface area contributed by atoms with Crippen molar-refractivity contribution >= 4 is 28.5 Å². The fraction of sp³-hybridized carbons (Fsp3) is 0.538. The first-order valence-corrected chi connectivity index (χ1v) is 13.0. The SMILES string of the molecule is CC(O)c1cc2cnc(Nc3ccc(O[C@@H]4CCN(CCO)C[C@@H]4F)cn3)nc2c(N2CCCCC2)n1. The number of rotatable bonds is 8. The molecule has 198 valence electrons. The van der Waals surface area contributed by atoms with Gasteiger partial charge in [-0.3, -0.25) is 4.90 Å². The zero-order chi connectivity index (χ0) is 25.8. The molecule has 10 nitrogen and oxygen atoms in total. The first-order chi connectivity index (χ1) is 18.0. The van der Waals surface area contributed by atoms with E-state index in [1.165, 1.54) is 6.42 Å². The molecule has 0 aliphatic carbocycles. The third kappa shape index (κ3) is 6.06. The molecule has 11 heteroatoms. The number of nitrogens with zero attached hydrogens (tertiary/aromatic N) is 6. The van der Waals surface area contributed by atoms with E-state index in [1.54, 1.807) is 31.5 Å². The number of β-amino-alcohol motifs (C(OH)–C–C–N with tert-alkyl or cyclic N) is 1. The summed E-state index contributed by atoms with van der Waals surface area (Å²) >= 11 is 0. The van der Waals surface area contributed by atoms with Crippen molar-refractivity contribution in [3.8, 4) is 5.75 Å². The number of alkyl halides is 1. The minimum Gasteiger partial charge on any atom is -0.486 e. The predicted molar refractivity (Wildman–Crippen MR) is 139 cm³/mol. The highest BCUT2D eigenvalue weighted by atomic mass is 19.1. The first kappa shape index (κ1) is 25.5. The Morgan fingerprint density at radius 3 is 2.68 bits per heavy atom. The van der Waals surface area contributed by atoms with Gasteiger partial charge in [-0.05, 0) is 50.8 Å². The molecule has 2 aliphatic heterocycles. The van der Waals surface area contributed by atoms with Gasteiger partial charge in [-0.1, -0.05) is 0 Å². The van der Waals surface area contributed by atoms with Crippen LogP contribution in [-0.2, 0) is 0 Å². The van der Waals surface area contributed by atoms with Crippen molar-refractivity contribution in [3.63, 3.8) is 0 Å². The Balaban J connectivity index is 1.30. The van der Waals surface area contributed by atoms with Crippen LogP contribution in [0.25, 0.3) is 10.9 Å². The fourth-order valence-corrected chi connectivity index (χ4v) is 4.88. The third-order valence-corrected chi connectivity index (χ3v) is 6.90. The number of nitrogens with one attached hydrogen (secondary N) is 1. The van der Waals surface area contributed by atoms with Crippen LogP contribution in [-0.4, -0.2) is 86.7 Å². The molecule has 37 heavy (non-hydrogen) atoms. The molecule has 5 rings (SSSR count). The molecule has 3 atom stereocenters. The van der Waals surface area contributed by atoms with E-state index in [0.717, 1.165) is 42.7 Å². The second-order valence-electron chi connectivity index (χ2n) is 9.72. The fourth-order valence-electron chi connectivity index (χ4n) is 4.88. The molecular formula is C26H34FN7O3. The molecule has 3 N–H and O–H groups in total. The van der Waals surface area contributed by atoms with Gasteiger partial charge < -0.3 is 25.2 Å². The standard InChI is InChI=1S/C26H34FN7O3/c1-17(36)21-13-18-14-29-26(32-24(18)25(30-21)34-8-3-2-4-9-34)31-23-6-5-19(15-28-23)37-22-7-10-33(11-12-35)16-20(22)27/h5-6,13-15,17,20,22,35-36H,2-4,7-12,16H2,1H3,(H,28,29,31,32)/t17?,20-,22+/m0/s1. The largest absolute Gasteiger partial charge is 0.486 e. The molecule has 0 saturated carbocycles. The van der Waals surface area contributed by atoms with Crippen LogP contribution < -0.4 is 15.0 Å². The molecule has 1 unspecified atom stereocenters. The van der Waals surface area contributed by atoms with Crippen LogP contribution >= 0.6 is 0 Å². The highest BCUT2D eigenvalue weighted by Crippen LogP contribution is 2.29. The lowest BCUT2D eigenvalue weighted by Gasteiger charge is -2.34. The minimum absolute atomic E-state index is 0.0243. The van der Waals surface area contributed by atoms with Gasteiger partial charge in [0.25, 0.3) is 0 Å². The van der Waals surface area contributed by atoms with Crippen molar-refractivity contribution in [2.75, 3.05) is 49.5 Å². The summed E-state index contributed by atoms with van der Waals surface area (Å²) in [6, 6.07) is 5.32. The topological polar surface area (TPSA) is 120 Å². The zero-order valence-corrected chi connectivity index (χ0v) is 21.1. The molecule has 2 fully saturated rings.